The Labute approximate surface area is 122 Å². The highest BCUT2D eigenvalue weighted by Crippen LogP contribution is 2.41. The van der Waals surface area contributed by atoms with E-state index in [9.17, 15) is 10.1 Å². The van der Waals surface area contributed by atoms with Gasteiger partial charge in [-0.05, 0) is 6.42 Å². The molecule has 0 amide bonds. The summed E-state index contributed by atoms with van der Waals surface area (Å²) in [5.74, 6) is 0.759. The number of aryl methyl sites for hydroxylation is 1. The minimum atomic E-state index is -0.373. The van der Waals surface area contributed by atoms with Crippen molar-refractivity contribution in [3.05, 3.63) is 15.8 Å². The predicted molar refractivity (Wildman–Crippen MR) is 77.2 cm³/mol. The molecule has 1 aromatic rings. The maximum absolute atomic E-state index is 11.4. The first-order valence-corrected chi connectivity index (χ1v) is 7.26. The third-order valence-corrected chi connectivity index (χ3v) is 4.53. The van der Waals surface area contributed by atoms with Gasteiger partial charge >= 0.3 is 5.69 Å². The highest BCUT2D eigenvalue weighted by molar-refractivity contribution is 5.61. The second-order valence-corrected chi connectivity index (χ2v) is 6.15. The molecule has 8 heteroatoms. The van der Waals surface area contributed by atoms with E-state index in [1.807, 2.05) is 13.8 Å². The largest absolute Gasteiger partial charge is 0.376 e. The van der Waals surface area contributed by atoms with Gasteiger partial charge in [0, 0.05) is 31.5 Å². The Bertz CT molecular complexity index is 570. The summed E-state index contributed by atoms with van der Waals surface area (Å²) in [5.41, 5.74) is 6.69. The molecule has 0 spiro atoms. The average molecular weight is 295 g/mol. The molecular weight excluding hydrogens is 274 g/mol. The first-order chi connectivity index (χ1) is 9.91. The van der Waals surface area contributed by atoms with Gasteiger partial charge in [0.25, 0.3) is 0 Å². The van der Waals surface area contributed by atoms with Gasteiger partial charge in [-0.3, -0.25) is 10.1 Å². The summed E-state index contributed by atoms with van der Waals surface area (Å²) in [7, 11) is 1.71. The van der Waals surface area contributed by atoms with Crippen LogP contribution in [0.1, 0.15) is 31.9 Å². The fourth-order valence-corrected chi connectivity index (χ4v) is 3.35. The lowest BCUT2D eigenvalue weighted by Gasteiger charge is -2.45. The summed E-state index contributed by atoms with van der Waals surface area (Å²) in [4.78, 5) is 11.0. The number of nitrogens with two attached hydrogens (primary N) is 1. The molecule has 0 radical (unpaired) electrons. The Morgan fingerprint density at radius 1 is 1.57 bits per heavy atom. The van der Waals surface area contributed by atoms with E-state index in [1.165, 1.54) is 4.68 Å². The van der Waals surface area contributed by atoms with Crippen molar-refractivity contribution in [2.45, 2.75) is 44.4 Å². The lowest BCUT2D eigenvalue weighted by Crippen LogP contribution is -2.65. The van der Waals surface area contributed by atoms with Gasteiger partial charge in [-0.25, -0.2) is 4.68 Å². The maximum Gasteiger partial charge on any atom is 0.334 e. The van der Waals surface area contributed by atoms with Gasteiger partial charge in [-0.2, -0.15) is 5.10 Å². The Kier molecular flexibility index (Phi) is 3.37. The second kappa shape index (κ2) is 4.96. The highest BCUT2D eigenvalue weighted by Gasteiger charge is 2.53. The highest BCUT2D eigenvalue weighted by atomic mass is 16.6. The van der Waals surface area contributed by atoms with Crippen LogP contribution in [0.25, 0.3) is 0 Å². The molecule has 3 N–H and O–H groups in total. The summed E-state index contributed by atoms with van der Waals surface area (Å²) in [5, 5.41) is 18.9. The summed E-state index contributed by atoms with van der Waals surface area (Å²) in [6.45, 7) is 4.50. The number of hydrogen-bond acceptors (Lipinski definition) is 6. The molecule has 3 rings (SSSR count). The van der Waals surface area contributed by atoms with Crippen molar-refractivity contribution in [2.24, 2.45) is 18.7 Å². The van der Waals surface area contributed by atoms with Crippen LogP contribution in [0.2, 0.25) is 0 Å². The van der Waals surface area contributed by atoms with Gasteiger partial charge in [0.2, 0.25) is 5.82 Å². The number of aromatic nitrogens is 2. The molecule has 0 bridgehead atoms. The fraction of sp³-hybridized carbons (Fsp3) is 0.769. The maximum atomic E-state index is 11.4. The molecule has 4 atom stereocenters. The molecule has 0 aromatic carbocycles. The van der Waals surface area contributed by atoms with Crippen LogP contribution in [-0.2, 0) is 11.8 Å². The molecule has 1 aliphatic heterocycles. The van der Waals surface area contributed by atoms with Crippen molar-refractivity contribution in [2.75, 3.05) is 11.9 Å². The van der Waals surface area contributed by atoms with Crippen molar-refractivity contribution in [3.63, 3.8) is 0 Å². The molecule has 2 heterocycles. The van der Waals surface area contributed by atoms with E-state index < -0.39 is 0 Å². The second-order valence-electron chi connectivity index (χ2n) is 6.15. The van der Waals surface area contributed by atoms with Crippen molar-refractivity contribution in [1.29, 1.82) is 0 Å². The number of nitrogens with zero attached hydrogens (tertiary/aromatic N) is 3. The number of nitrogens with one attached hydrogen (secondary N) is 1. The summed E-state index contributed by atoms with van der Waals surface area (Å²) < 4.78 is 7.19. The van der Waals surface area contributed by atoms with Gasteiger partial charge in [0.15, 0.2) is 0 Å². The van der Waals surface area contributed by atoms with Crippen LogP contribution in [0.5, 0.6) is 0 Å². The van der Waals surface area contributed by atoms with E-state index in [1.54, 1.807) is 7.05 Å². The Hall–Kier alpha value is -1.67. The molecule has 21 heavy (non-hydrogen) atoms. The molecule has 1 saturated heterocycles. The van der Waals surface area contributed by atoms with Crippen molar-refractivity contribution < 1.29 is 9.66 Å². The van der Waals surface area contributed by atoms with Crippen LogP contribution in [0.15, 0.2) is 0 Å². The van der Waals surface area contributed by atoms with Crippen LogP contribution in [0, 0.1) is 16.0 Å². The van der Waals surface area contributed by atoms with Crippen LogP contribution in [0.3, 0.4) is 0 Å². The third-order valence-electron chi connectivity index (χ3n) is 4.53. The lowest BCUT2D eigenvalue weighted by molar-refractivity contribution is -0.384. The van der Waals surface area contributed by atoms with E-state index in [-0.39, 0.29) is 34.7 Å². The number of ether oxygens (including phenoxy) is 1. The average Bonchev–Trinajstić information content (AvgIpc) is 2.97. The SMILES string of the molecule is CC(C)c1nn(C)c(NC2C(N)C3CCOC32)c1[N+](=O)[O-]. The fourth-order valence-electron chi connectivity index (χ4n) is 3.35. The Morgan fingerprint density at radius 2 is 2.29 bits per heavy atom. The van der Waals surface area contributed by atoms with Crippen molar-refractivity contribution in [3.8, 4) is 0 Å². The van der Waals surface area contributed by atoms with Crippen LogP contribution in [-0.4, -0.2) is 39.5 Å². The van der Waals surface area contributed by atoms with E-state index in [0.717, 1.165) is 6.42 Å². The van der Waals surface area contributed by atoms with E-state index >= 15 is 0 Å². The normalized spacial score (nSPS) is 31.1. The zero-order chi connectivity index (χ0) is 15.3. The zero-order valence-corrected chi connectivity index (χ0v) is 12.4. The molecule has 4 unspecified atom stereocenters. The smallest absolute Gasteiger partial charge is 0.334 e. The van der Waals surface area contributed by atoms with E-state index in [4.69, 9.17) is 10.5 Å². The van der Waals surface area contributed by atoms with Gasteiger partial charge < -0.3 is 15.8 Å². The van der Waals surface area contributed by atoms with Crippen molar-refractivity contribution >= 4 is 11.5 Å². The standard InChI is InChI=1S/C13H21N5O3/c1-6(2)9-11(18(19)20)13(17(3)16-9)15-10-8(14)7-4-5-21-12(7)10/h6-8,10,12,15H,4-5,14H2,1-3H3. The molecular formula is C13H21N5O3. The minimum absolute atomic E-state index is 0.0160. The number of anilines is 1. The third kappa shape index (κ3) is 2.09. The summed E-state index contributed by atoms with van der Waals surface area (Å²) in [6, 6.07) is -0.124. The molecule has 1 saturated carbocycles. The lowest BCUT2D eigenvalue weighted by atomic mass is 9.72. The van der Waals surface area contributed by atoms with Gasteiger partial charge in [-0.1, -0.05) is 13.8 Å². The summed E-state index contributed by atoms with van der Waals surface area (Å²) >= 11 is 0. The zero-order valence-electron chi connectivity index (χ0n) is 12.4. The van der Waals surface area contributed by atoms with E-state index in [0.29, 0.717) is 24.0 Å². The summed E-state index contributed by atoms with van der Waals surface area (Å²) in [6.07, 6.45) is 1.02. The first kappa shape index (κ1) is 14.3. The topological polar surface area (TPSA) is 108 Å². The monoisotopic (exact) mass is 295 g/mol. The molecule has 1 aromatic heterocycles. The number of rotatable bonds is 4. The molecule has 116 valence electrons. The van der Waals surface area contributed by atoms with Gasteiger partial charge in [0.05, 0.1) is 17.1 Å². The predicted octanol–water partition coefficient (Wildman–Crippen LogP) is 0.978. The number of fused-ring (bicyclic) bond motifs is 1. The Morgan fingerprint density at radius 3 is 2.90 bits per heavy atom. The van der Waals surface area contributed by atoms with Crippen LogP contribution in [0.4, 0.5) is 11.5 Å². The Balaban J connectivity index is 1.90. The number of nitro groups is 1. The quantitative estimate of drug-likeness (QED) is 0.633. The molecule has 8 nitrogen and oxygen atoms in total. The van der Waals surface area contributed by atoms with Crippen LogP contribution >= 0.6 is 0 Å². The molecule has 2 fully saturated rings. The van der Waals surface area contributed by atoms with E-state index in [2.05, 4.69) is 10.4 Å². The van der Waals surface area contributed by atoms with Gasteiger partial charge in [0.1, 0.15) is 5.69 Å². The number of hydrogen-bond donors (Lipinski definition) is 2. The first-order valence-electron chi connectivity index (χ1n) is 7.26. The molecule has 1 aliphatic carbocycles. The van der Waals surface area contributed by atoms with Gasteiger partial charge in [-0.15, -0.1) is 0 Å². The minimum Gasteiger partial charge on any atom is -0.376 e. The van der Waals surface area contributed by atoms with Crippen LogP contribution < -0.4 is 11.1 Å². The molecule has 2 aliphatic rings. The van der Waals surface area contributed by atoms with Crippen molar-refractivity contribution in [1.82, 2.24) is 9.78 Å².